The van der Waals surface area contributed by atoms with Crippen molar-refractivity contribution in [1.29, 1.82) is 5.26 Å². The Hall–Kier alpha value is -4.59. The number of hydrogen-bond donors (Lipinski definition) is 2. The standard InChI is InChI=1S/C25H19N7O2S/c26-13-18-8-4-5-9-19(18)15-29-25-23-22(17-6-2-1-3-7-17)10-11-32(23)31-24(30-25)20-12-21(16-28-14-20)35(27,33)34/h1-12,14,16H,15H2,(H2,27,33,34)(H,29,30,31). The van der Waals surface area contributed by atoms with Gasteiger partial charge in [-0.3, -0.25) is 4.98 Å². The maximum Gasteiger partial charge on any atom is 0.239 e. The van der Waals surface area contributed by atoms with Gasteiger partial charge in [0.15, 0.2) is 11.6 Å². The van der Waals surface area contributed by atoms with E-state index in [0.717, 1.165) is 22.2 Å². The summed E-state index contributed by atoms with van der Waals surface area (Å²) in [6.45, 7) is 0.352. The molecule has 0 aliphatic rings. The van der Waals surface area contributed by atoms with Crippen LogP contribution in [0, 0.1) is 11.3 Å². The Labute approximate surface area is 201 Å². The Morgan fingerprint density at radius 1 is 1.00 bits per heavy atom. The molecule has 0 radical (unpaired) electrons. The molecule has 0 atom stereocenters. The van der Waals surface area contributed by atoms with Crippen LogP contribution in [0.1, 0.15) is 11.1 Å². The number of rotatable bonds is 6. The fourth-order valence-corrected chi connectivity index (χ4v) is 4.28. The van der Waals surface area contributed by atoms with E-state index in [0.29, 0.717) is 23.5 Å². The quantitative estimate of drug-likeness (QED) is 0.378. The molecule has 0 bridgehead atoms. The number of benzene rings is 2. The van der Waals surface area contributed by atoms with Crippen molar-refractivity contribution in [2.75, 3.05) is 5.32 Å². The van der Waals surface area contributed by atoms with Gasteiger partial charge in [-0.25, -0.2) is 23.1 Å². The molecule has 0 unspecified atom stereocenters. The molecule has 5 aromatic rings. The van der Waals surface area contributed by atoms with E-state index in [9.17, 15) is 13.7 Å². The maximum atomic E-state index is 11.8. The van der Waals surface area contributed by atoms with E-state index in [2.05, 4.69) is 21.5 Å². The number of nitrogens with two attached hydrogens (primary N) is 1. The van der Waals surface area contributed by atoms with E-state index in [-0.39, 0.29) is 10.7 Å². The molecular formula is C25H19N7O2S. The SMILES string of the molecule is N#Cc1ccccc1CNc1nc(-c2cncc(S(N)(=O)=O)c2)nn2ccc(-c3ccccc3)c12. The van der Waals surface area contributed by atoms with Crippen LogP contribution in [0.25, 0.3) is 28.0 Å². The molecule has 3 N–H and O–H groups in total. The van der Waals surface area contributed by atoms with Crippen LogP contribution in [0.2, 0.25) is 0 Å². The van der Waals surface area contributed by atoms with Crippen LogP contribution in [0.4, 0.5) is 5.82 Å². The molecule has 0 spiro atoms. The molecule has 3 heterocycles. The smallest absolute Gasteiger partial charge is 0.239 e. The number of nitrogens with zero attached hydrogens (tertiary/aromatic N) is 5. The number of nitrogens with one attached hydrogen (secondary N) is 1. The van der Waals surface area contributed by atoms with Crippen LogP contribution in [0.5, 0.6) is 0 Å². The molecule has 0 fully saturated rings. The van der Waals surface area contributed by atoms with Crippen LogP contribution in [0.15, 0.2) is 90.2 Å². The molecule has 5 rings (SSSR count). The van der Waals surface area contributed by atoms with Crippen molar-refractivity contribution >= 4 is 21.4 Å². The number of sulfonamides is 1. The molecule has 0 aliphatic heterocycles. The summed E-state index contributed by atoms with van der Waals surface area (Å²) >= 11 is 0. The zero-order valence-corrected chi connectivity index (χ0v) is 19.1. The van der Waals surface area contributed by atoms with E-state index >= 15 is 0 Å². The minimum Gasteiger partial charge on any atom is -0.364 e. The molecule has 0 amide bonds. The highest BCUT2D eigenvalue weighted by Crippen LogP contribution is 2.31. The van der Waals surface area contributed by atoms with Crippen molar-refractivity contribution in [1.82, 2.24) is 19.6 Å². The lowest BCUT2D eigenvalue weighted by molar-refractivity contribution is 0.597. The highest BCUT2D eigenvalue weighted by atomic mass is 32.2. The maximum absolute atomic E-state index is 11.8. The summed E-state index contributed by atoms with van der Waals surface area (Å²) < 4.78 is 25.3. The average Bonchev–Trinajstić information content (AvgIpc) is 3.32. The number of primary sulfonamides is 1. The van der Waals surface area contributed by atoms with Crippen molar-refractivity contribution in [3.05, 3.63) is 96.4 Å². The summed E-state index contributed by atoms with van der Waals surface area (Å²) in [7, 11) is -3.94. The lowest BCUT2D eigenvalue weighted by Gasteiger charge is -2.12. The normalized spacial score (nSPS) is 11.3. The zero-order chi connectivity index (χ0) is 24.4. The van der Waals surface area contributed by atoms with Gasteiger partial charge in [0.05, 0.1) is 11.6 Å². The van der Waals surface area contributed by atoms with Crippen LogP contribution in [-0.4, -0.2) is 28.0 Å². The van der Waals surface area contributed by atoms with Crippen molar-refractivity contribution in [2.24, 2.45) is 5.14 Å². The van der Waals surface area contributed by atoms with Crippen LogP contribution >= 0.6 is 0 Å². The Bertz CT molecular complexity index is 1690. The summed E-state index contributed by atoms with van der Waals surface area (Å²) in [5.41, 5.74) is 4.43. The summed E-state index contributed by atoms with van der Waals surface area (Å²) in [4.78, 5) is 8.59. The topological polar surface area (TPSA) is 139 Å². The third-order valence-electron chi connectivity index (χ3n) is 5.48. The predicted octanol–water partition coefficient (Wildman–Crippen LogP) is 3.59. The minimum absolute atomic E-state index is 0.131. The second-order valence-electron chi connectivity index (χ2n) is 7.75. The third-order valence-corrected chi connectivity index (χ3v) is 6.36. The fraction of sp³-hybridized carbons (Fsp3) is 0.0400. The molecule has 2 aromatic carbocycles. The number of hydrogen-bond acceptors (Lipinski definition) is 7. The summed E-state index contributed by atoms with van der Waals surface area (Å²) in [5.74, 6) is 0.786. The number of fused-ring (bicyclic) bond motifs is 1. The third kappa shape index (κ3) is 4.46. The number of anilines is 1. The first kappa shape index (κ1) is 22.2. The zero-order valence-electron chi connectivity index (χ0n) is 18.3. The molecule has 10 heteroatoms. The number of nitriles is 1. The van der Waals surface area contributed by atoms with E-state index in [1.165, 1.54) is 18.5 Å². The molecular weight excluding hydrogens is 462 g/mol. The first-order valence-corrected chi connectivity index (χ1v) is 12.1. The number of aromatic nitrogens is 4. The molecule has 9 nitrogen and oxygen atoms in total. The van der Waals surface area contributed by atoms with Gasteiger partial charge in [-0.15, -0.1) is 5.10 Å². The first-order valence-electron chi connectivity index (χ1n) is 10.6. The van der Waals surface area contributed by atoms with Crippen LogP contribution in [-0.2, 0) is 16.6 Å². The monoisotopic (exact) mass is 481 g/mol. The van der Waals surface area contributed by atoms with Crippen molar-refractivity contribution in [3.63, 3.8) is 0 Å². The van der Waals surface area contributed by atoms with Gasteiger partial charge >= 0.3 is 0 Å². The highest BCUT2D eigenvalue weighted by Gasteiger charge is 2.17. The van der Waals surface area contributed by atoms with Crippen LogP contribution in [0.3, 0.4) is 0 Å². The van der Waals surface area contributed by atoms with Gasteiger partial charge in [0.2, 0.25) is 10.0 Å². The molecule has 0 saturated heterocycles. The van der Waals surface area contributed by atoms with Gasteiger partial charge in [-0.1, -0.05) is 48.5 Å². The number of pyridine rings is 1. The van der Waals surface area contributed by atoms with Gasteiger partial charge in [0.1, 0.15) is 10.4 Å². The summed E-state index contributed by atoms with van der Waals surface area (Å²) in [6, 6.07) is 22.7. The lowest BCUT2D eigenvalue weighted by atomic mass is 10.1. The Morgan fingerprint density at radius 3 is 2.54 bits per heavy atom. The van der Waals surface area contributed by atoms with Crippen molar-refractivity contribution in [3.8, 4) is 28.6 Å². The van der Waals surface area contributed by atoms with Gasteiger partial charge < -0.3 is 5.32 Å². The molecule has 3 aromatic heterocycles. The molecule has 0 aliphatic carbocycles. The van der Waals surface area contributed by atoms with E-state index in [1.54, 1.807) is 10.6 Å². The largest absolute Gasteiger partial charge is 0.364 e. The Morgan fingerprint density at radius 2 is 1.77 bits per heavy atom. The fourth-order valence-electron chi connectivity index (χ4n) is 3.78. The summed E-state index contributed by atoms with van der Waals surface area (Å²) in [5, 5.41) is 22.7. The average molecular weight is 482 g/mol. The van der Waals surface area contributed by atoms with Crippen molar-refractivity contribution in [2.45, 2.75) is 11.4 Å². The van der Waals surface area contributed by atoms with Gasteiger partial charge in [-0.2, -0.15) is 5.26 Å². The molecule has 0 saturated carbocycles. The predicted molar refractivity (Wildman–Crippen MR) is 132 cm³/mol. The van der Waals surface area contributed by atoms with Crippen molar-refractivity contribution < 1.29 is 8.42 Å². The first-order chi connectivity index (χ1) is 16.9. The Balaban J connectivity index is 1.66. The minimum atomic E-state index is -3.94. The second-order valence-corrected chi connectivity index (χ2v) is 9.31. The summed E-state index contributed by atoms with van der Waals surface area (Å²) in [6.07, 6.45) is 4.47. The highest BCUT2D eigenvalue weighted by molar-refractivity contribution is 7.89. The lowest BCUT2D eigenvalue weighted by Crippen LogP contribution is -2.13. The molecule has 172 valence electrons. The van der Waals surface area contributed by atoms with Gasteiger partial charge in [0, 0.05) is 36.3 Å². The Kier molecular flexibility index (Phi) is 5.70. The van der Waals surface area contributed by atoms with Crippen LogP contribution < -0.4 is 10.5 Å². The molecule has 35 heavy (non-hydrogen) atoms. The van der Waals surface area contributed by atoms with Gasteiger partial charge in [0.25, 0.3) is 0 Å². The van der Waals surface area contributed by atoms with E-state index < -0.39 is 10.0 Å². The van der Waals surface area contributed by atoms with Gasteiger partial charge in [-0.05, 0) is 29.3 Å². The second kappa shape index (κ2) is 8.98. The van der Waals surface area contributed by atoms with E-state index in [4.69, 9.17) is 10.1 Å². The van der Waals surface area contributed by atoms with E-state index in [1.807, 2.05) is 60.8 Å².